The van der Waals surface area contributed by atoms with Gasteiger partial charge in [0, 0.05) is 25.5 Å². The molecule has 1 aliphatic heterocycles. The summed E-state index contributed by atoms with van der Waals surface area (Å²) in [4.78, 5) is 17.2. The number of hydrogen-bond donors (Lipinski definition) is 2. The minimum absolute atomic E-state index is 0.0539. The van der Waals surface area contributed by atoms with E-state index in [1.165, 1.54) is 24.0 Å². The van der Waals surface area contributed by atoms with Gasteiger partial charge in [-0.05, 0) is 49.9 Å². The zero-order valence-electron chi connectivity index (χ0n) is 12.0. The van der Waals surface area contributed by atoms with E-state index < -0.39 is 5.97 Å². The molecule has 2 heterocycles. The summed E-state index contributed by atoms with van der Waals surface area (Å²) >= 11 is 0. The predicted octanol–water partition coefficient (Wildman–Crippen LogP) is 1.28. The predicted molar refractivity (Wildman–Crippen MR) is 77.5 cm³/mol. The molecular weight excluding hydrogens is 254 g/mol. The van der Waals surface area contributed by atoms with Crippen LogP contribution in [0.4, 0.5) is 0 Å². The molecule has 1 fully saturated rings. The second-order valence-electron chi connectivity index (χ2n) is 5.64. The van der Waals surface area contributed by atoms with Crippen LogP contribution >= 0.6 is 0 Å². The van der Waals surface area contributed by atoms with Crippen molar-refractivity contribution in [2.24, 2.45) is 5.92 Å². The molecule has 1 saturated heterocycles. The lowest BCUT2D eigenvalue weighted by Gasteiger charge is -2.32. The van der Waals surface area contributed by atoms with Crippen molar-refractivity contribution in [3.05, 3.63) is 29.6 Å². The van der Waals surface area contributed by atoms with Gasteiger partial charge < -0.3 is 10.4 Å². The highest BCUT2D eigenvalue weighted by Gasteiger charge is 2.19. The fourth-order valence-corrected chi connectivity index (χ4v) is 2.81. The Balaban J connectivity index is 1.79. The van der Waals surface area contributed by atoms with Gasteiger partial charge in [0.05, 0.1) is 6.54 Å². The van der Waals surface area contributed by atoms with Crippen LogP contribution in [0.15, 0.2) is 18.5 Å². The van der Waals surface area contributed by atoms with Gasteiger partial charge in [0.15, 0.2) is 0 Å². The number of carbonyl (C=O) groups is 1. The smallest absolute Gasteiger partial charge is 0.317 e. The van der Waals surface area contributed by atoms with Crippen molar-refractivity contribution in [1.29, 1.82) is 0 Å². The summed E-state index contributed by atoms with van der Waals surface area (Å²) in [6.45, 7) is 5.98. The Bertz CT molecular complexity index is 450. The van der Waals surface area contributed by atoms with Crippen LogP contribution in [-0.4, -0.2) is 47.1 Å². The molecule has 0 aromatic carbocycles. The number of piperidine rings is 1. The maximum atomic E-state index is 10.5. The quantitative estimate of drug-likeness (QED) is 0.820. The molecule has 20 heavy (non-hydrogen) atoms. The molecule has 1 unspecified atom stereocenters. The molecule has 0 amide bonds. The van der Waals surface area contributed by atoms with Gasteiger partial charge in [-0.25, -0.2) is 0 Å². The third kappa shape index (κ3) is 4.90. The molecule has 5 nitrogen and oxygen atoms in total. The summed E-state index contributed by atoms with van der Waals surface area (Å²) in [5.74, 6) is -0.246. The summed E-state index contributed by atoms with van der Waals surface area (Å²) in [5.41, 5.74) is 2.45. The number of aliphatic carboxylic acids is 1. The molecule has 0 aliphatic carbocycles. The summed E-state index contributed by atoms with van der Waals surface area (Å²) in [5, 5.41) is 11.6. The minimum Gasteiger partial charge on any atom is -0.480 e. The van der Waals surface area contributed by atoms with Crippen LogP contribution in [0.2, 0.25) is 0 Å². The standard InChI is InChI=1S/C15H23N3O2/c1-12-5-14(8-16-6-12)11-18-4-2-3-13(10-18)7-17-9-15(19)20/h5-6,8,13,17H,2-4,7,9-11H2,1H3,(H,19,20). The van der Waals surface area contributed by atoms with Gasteiger partial charge in [-0.2, -0.15) is 0 Å². The maximum Gasteiger partial charge on any atom is 0.317 e. The van der Waals surface area contributed by atoms with Crippen LogP contribution in [0.3, 0.4) is 0 Å². The first-order valence-corrected chi connectivity index (χ1v) is 7.19. The lowest BCUT2D eigenvalue weighted by molar-refractivity contribution is -0.136. The van der Waals surface area contributed by atoms with Crippen molar-refractivity contribution in [2.45, 2.75) is 26.3 Å². The first-order valence-electron chi connectivity index (χ1n) is 7.19. The van der Waals surface area contributed by atoms with Gasteiger partial charge in [-0.3, -0.25) is 14.7 Å². The molecule has 1 aromatic heterocycles. The van der Waals surface area contributed by atoms with Crippen molar-refractivity contribution >= 4 is 5.97 Å². The van der Waals surface area contributed by atoms with E-state index in [0.717, 1.165) is 26.2 Å². The number of carboxylic acid groups (broad SMARTS) is 1. The maximum absolute atomic E-state index is 10.5. The first kappa shape index (κ1) is 14.9. The van der Waals surface area contributed by atoms with Crippen LogP contribution in [0.25, 0.3) is 0 Å². The van der Waals surface area contributed by atoms with Gasteiger partial charge in [0.25, 0.3) is 0 Å². The van der Waals surface area contributed by atoms with Gasteiger partial charge in [0.2, 0.25) is 0 Å². The Morgan fingerprint density at radius 2 is 2.40 bits per heavy atom. The van der Waals surface area contributed by atoms with E-state index >= 15 is 0 Å². The minimum atomic E-state index is -0.788. The Kier molecular flexibility index (Phi) is 5.49. The second kappa shape index (κ2) is 7.36. The summed E-state index contributed by atoms with van der Waals surface area (Å²) in [7, 11) is 0. The van der Waals surface area contributed by atoms with E-state index in [0.29, 0.717) is 5.92 Å². The molecule has 2 N–H and O–H groups in total. The van der Waals surface area contributed by atoms with Crippen LogP contribution in [0, 0.1) is 12.8 Å². The average Bonchev–Trinajstić information content (AvgIpc) is 2.39. The van der Waals surface area contributed by atoms with Gasteiger partial charge in [-0.15, -0.1) is 0 Å². The van der Waals surface area contributed by atoms with Crippen molar-refractivity contribution in [1.82, 2.24) is 15.2 Å². The van der Waals surface area contributed by atoms with Crippen molar-refractivity contribution in [3.63, 3.8) is 0 Å². The van der Waals surface area contributed by atoms with Crippen molar-refractivity contribution in [3.8, 4) is 0 Å². The Morgan fingerprint density at radius 1 is 1.55 bits per heavy atom. The fraction of sp³-hybridized carbons (Fsp3) is 0.600. The third-order valence-electron chi connectivity index (χ3n) is 3.65. The van der Waals surface area contributed by atoms with Crippen LogP contribution in [-0.2, 0) is 11.3 Å². The topological polar surface area (TPSA) is 65.5 Å². The number of pyridine rings is 1. The highest BCUT2D eigenvalue weighted by Crippen LogP contribution is 2.18. The number of nitrogens with zero attached hydrogens (tertiary/aromatic N) is 2. The highest BCUT2D eigenvalue weighted by molar-refractivity contribution is 5.68. The van der Waals surface area contributed by atoms with Gasteiger partial charge >= 0.3 is 5.97 Å². The number of aromatic nitrogens is 1. The average molecular weight is 277 g/mol. The number of aryl methyl sites for hydroxylation is 1. The largest absolute Gasteiger partial charge is 0.480 e. The zero-order valence-corrected chi connectivity index (χ0v) is 12.0. The normalized spacial score (nSPS) is 19.9. The molecule has 2 rings (SSSR count). The molecule has 1 aliphatic rings. The fourth-order valence-electron chi connectivity index (χ4n) is 2.81. The molecule has 0 saturated carbocycles. The first-order chi connectivity index (χ1) is 9.63. The lowest BCUT2D eigenvalue weighted by atomic mass is 9.97. The Labute approximate surface area is 120 Å². The number of nitrogens with one attached hydrogen (secondary N) is 1. The molecule has 110 valence electrons. The van der Waals surface area contributed by atoms with Gasteiger partial charge in [-0.1, -0.05) is 6.07 Å². The summed E-state index contributed by atoms with van der Waals surface area (Å²) < 4.78 is 0. The second-order valence-corrected chi connectivity index (χ2v) is 5.64. The van der Waals surface area contributed by atoms with Crippen LogP contribution in [0.1, 0.15) is 24.0 Å². The molecule has 0 radical (unpaired) electrons. The van der Waals surface area contributed by atoms with E-state index in [1.54, 1.807) is 0 Å². The number of carboxylic acids is 1. The highest BCUT2D eigenvalue weighted by atomic mass is 16.4. The number of rotatable bonds is 6. The lowest BCUT2D eigenvalue weighted by Crippen LogP contribution is -2.40. The molecule has 5 heteroatoms. The Morgan fingerprint density at radius 3 is 3.15 bits per heavy atom. The number of hydrogen-bond acceptors (Lipinski definition) is 4. The Hall–Kier alpha value is -1.46. The van der Waals surface area contributed by atoms with E-state index in [2.05, 4.69) is 28.2 Å². The molecule has 1 atom stereocenters. The van der Waals surface area contributed by atoms with Crippen LogP contribution < -0.4 is 5.32 Å². The molecule has 0 bridgehead atoms. The summed E-state index contributed by atoms with van der Waals surface area (Å²) in [6, 6.07) is 2.18. The van der Waals surface area contributed by atoms with Crippen LogP contribution in [0.5, 0.6) is 0 Å². The molecule has 0 spiro atoms. The SMILES string of the molecule is Cc1cncc(CN2CCCC(CNCC(=O)O)C2)c1. The monoisotopic (exact) mass is 277 g/mol. The van der Waals surface area contributed by atoms with E-state index in [4.69, 9.17) is 5.11 Å². The van der Waals surface area contributed by atoms with Crippen molar-refractivity contribution in [2.75, 3.05) is 26.2 Å². The molecular formula is C15H23N3O2. The summed E-state index contributed by atoms with van der Waals surface area (Å²) in [6.07, 6.45) is 6.16. The van der Waals surface area contributed by atoms with E-state index in [9.17, 15) is 4.79 Å². The molecule has 1 aromatic rings. The van der Waals surface area contributed by atoms with E-state index in [1.807, 2.05) is 12.4 Å². The zero-order chi connectivity index (χ0) is 14.4. The van der Waals surface area contributed by atoms with Crippen molar-refractivity contribution < 1.29 is 9.90 Å². The number of likely N-dealkylation sites (tertiary alicyclic amines) is 1. The van der Waals surface area contributed by atoms with E-state index in [-0.39, 0.29) is 6.54 Å². The van der Waals surface area contributed by atoms with Gasteiger partial charge in [0.1, 0.15) is 0 Å². The third-order valence-corrected chi connectivity index (χ3v) is 3.65.